The van der Waals surface area contributed by atoms with Crippen LogP contribution in [0.15, 0.2) is 30.7 Å². The van der Waals surface area contributed by atoms with E-state index in [0.29, 0.717) is 19.0 Å². The molecule has 2 aromatic rings. The van der Waals surface area contributed by atoms with Gasteiger partial charge in [-0.25, -0.2) is 9.78 Å². The number of esters is 1. The number of hydrogen-bond donors (Lipinski definition) is 1. The monoisotopic (exact) mass is 260 g/mol. The lowest BCUT2D eigenvalue weighted by Crippen LogP contribution is -2.11. The van der Waals surface area contributed by atoms with Gasteiger partial charge in [-0.05, 0) is 19.1 Å². The number of aromatic nitrogens is 3. The standard InChI is InChI=1S/C13H16N4O2/c1-2-19-13(18)11-12(14)17(9-16-11)8-6-10-5-3-4-7-15-10/h3-5,7,9H,2,6,8,14H2,1H3. The van der Waals surface area contributed by atoms with E-state index < -0.39 is 5.97 Å². The topological polar surface area (TPSA) is 83.0 Å². The minimum atomic E-state index is -0.489. The van der Waals surface area contributed by atoms with Crippen LogP contribution in [-0.2, 0) is 17.7 Å². The highest BCUT2D eigenvalue weighted by atomic mass is 16.5. The maximum Gasteiger partial charge on any atom is 0.360 e. The third-order valence-electron chi connectivity index (χ3n) is 2.68. The zero-order valence-electron chi connectivity index (χ0n) is 10.7. The van der Waals surface area contributed by atoms with Crippen molar-refractivity contribution in [2.75, 3.05) is 12.3 Å². The number of rotatable bonds is 5. The van der Waals surface area contributed by atoms with Crippen LogP contribution in [-0.4, -0.2) is 27.1 Å². The second kappa shape index (κ2) is 5.99. The van der Waals surface area contributed by atoms with E-state index in [0.717, 1.165) is 12.1 Å². The SMILES string of the molecule is CCOC(=O)c1ncn(CCc2ccccn2)c1N. The molecule has 2 heterocycles. The van der Waals surface area contributed by atoms with Gasteiger partial charge in [0.1, 0.15) is 5.82 Å². The van der Waals surface area contributed by atoms with Crippen molar-refractivity contribution in [2.24, 2.45) is 0 Å². The number of anilines is 1. The number of carbonyl (C=O) groups excluding carboxylic acids is 1. The molecular weight excluding hydrogens is 244 g/mol. The van der Waals surface area contributed by atoms with Gasteiger partial charge in [0.2, 0.25) is 0 Å². The fraction of sp³-hybridized carbons (Fsp3) is 0.308. The second-order valence-corrected chi connectivity index (χ2v) is 3.96. The molecule has 2 rings (SSSR count). The van der Waals surface area contributed by atoms with Crippen LogP contribution in [0.4, 0.5) is 5.82 Å². The van der Waals surface area contributed by atoms with E-state index in [-0.39, 0.29) is 5.69 Å². The molecule has 0 aliphatic carbocycles. The number of aryl methyl sites for hydroxylation is 2. The summed E-state index contributed by atoms with van der Waals surface area (Å²) in [6.07, 6.45) is 4.02. The summed E-state index contributed by atoms with van der Waals surface area (Å²) >= 11 is 0. The lowest BCUT2D eigenvalue weighted by Gasteiger charge is -2.05. The molecule has 0 unspecified atom stereocenters. The van der Waals surface area contributed by atoms with E-state index in [1.165, 1.54) is 0 Å². The molecule has 6 nitrogen and oxygen atoms in total. The third kappa shape index (κ3) is 3.09. The average molecular weight is 260 g/mol. The Hall–Kier alpha value is -2.37. The molecule has 6 heteroatoms. The lowest BCUT2D eigenvalue weighted by molar-refractivity contribution is 0.0521. The summed E-state index contributed by atoms with van der Waals surface area (Å²) in [6, 6.07) is 5.75. The van der Waals surface area contributed by atoms with Crippen LogP contribution >= 0.6 is 0 Å². The molecular formula is C13H16N4O2. The molecule has 0 saturated heterocycles. The van der Waals surface area contributed by atoms with Gasteiger partial charge < -0.3 is 15.0 Å². The van der Waals surface area contributed by atoms with Crippen molar-refractivity contribution in [2.45, 2.75) is 19.9 Å². The van der Waals surface area contributed by atoms with Gasteiger partial charge in [-0.2, -0.15) is 0 Å². The number of imidazole rings is 1. The van der Waals surface area contributed by atoms with Gasteiger partial charge in [0.05, 0.1) is 12.9 Å². The van der Waals surface area contributed by atoms with Crippen LogP contribution < -0.4 is 5.73 Å². The number of ether oxygens (including phenoxy) is 1. The lowest BCUT2D eigenvalue weighted by atomic mass is 10.3. The number of hydrogen-bond acceptors (Lipinski definition) is 5. The van der Waals surface area contributed by atoms with Crippen LogP contribution in [0.2, 0.25) is 0 Å². The van der Waals surface area contributed by atoms with E-state index in [1.807, 2.05) is 18.2 Å². The molecule has 0 amide bonds. The Morgan fingerprint density at radius 1 is 1.42 bits per heavy atom. The highest BCUT2D eigenvalue weighted by molar-refractivity contribution is 5.92. The molecule has 0 spiro atoms. The van der Waals surface area contributed by atoms with E-state index >= 15 is 0 Å². The molecule has 19 heavy (non-hydrogen) atoms. The average Bonchev–Trinajstić information content (AvgIpc) is 2.79. The number of nitrogen functional groups attached to an aromatic ring is 1. The Kier molecular flexibility index (Phi) is 4.12. The van der Waals surface area contributed by atoms with Crippen molar-refractivity contribution < 1.29 is 9.53 Å². The summed E-state index contributed by atoms with van der Waals surface area (Å²) in [7, 11) is 0. The smallest absolute Gasteiger partial charge is 0.360 e. The van der Waals surface area contributed by atoms with Crippen LogP contribution in [0.25, 0.3) is 0 Å². The minimum absolute atomic E-state index is 0.169. The van der Waals surface area contributed by atoms with Crippen molar-refractivity contribution in [3.63, 3.8) is 0 Å². The summed E-state index contributed by atoms with van der Waals surface area (Å²) in [4.78, 5) is 19.8. The highest BCUT2D eigenvalue weighted by Crippen LogP contribution is 2.12. The molecule has 0 aromatic carbocycles. The first-order valence-electron chi connectivity index (χ1n) is 6.10. The molecule has 0 bridgehead atoms. The first-order chi connectivity index (χ1) is 9.22. The molecule has 0 aliphatic rings. The minimum Gasteiger partial charge on any atom is -0.461 e. The number of nitrogens with two attached hydrogens (primary N) is 1. The second-order valence-electron chi connectivity index (χ2n) is 3.96. The van der Waals surface area contributed by atoms with Gasteiger partial charge in [0.25, 0.3) is 0 Å². The Morgan fingerprint density at radius 2 is 2.26 bits per heavy atom. The molecule has 0 aliphatic heterocycles. The van der Waals surface area contributed by atoms with Crippen molar-refractivity contribution in [3.05, 3.63) is 42.1 Å². The molecule has 0 saturated carbocycles. The Balaban J connectivity index is 2.04. The first kappa shape index (κ1) is 13.1. The van der Waals surface area contributed by atoms with Crippen LogP contribution in [0.3, 0.4) is 0 Å². The van der Waals surface area contributed by atoms with E-state index in [4.69, 9.17) is 10.5 Å². The third-order valence-corrected chi connectivity index (χ3v) is 2.68. The fourth-order valence-electron chi connectivity index (χ4n) is 1.71. The van der Waals surface area contributed by atoms with Gasteiger partial charge in [0.15, 0.2) is 5.69 Å². The van der Waals surface area contributed by atoms with Crippen molar-refractivity contribution >= 4 is 11.8 Å². The Morgan fingerprint density at radius 3 is 2.95 bits per heavy atom. The van der Waals surface area contributed by atoms with Gasteiger partial charge in [0, 0.05) is 24.9 Å². The van der Waals surface area contributed by atoms with Gasteiger partial charge in [-0.3, -0.25) is 4.98 Å². The summed E-state index contributed by atoms with van der Waals surface area (Å²) in [5.74, 6) is -0.161. The Labute approximate surface area is 111 Å². The van der Waals surface area contributed by atoms with Gasteiger partial charge in [-0.15, -0.1) is 0 Å². The van der Waals surface area contributed by atoms with Crippen LogP contribution in [0.5, 0.6) is 0 Å². The van der Waals surface area contributed by atoms with E-state index in [9.17, 15) is 4.79 Å². The summed E-state index contributed by atoms with van der Waals surface area (Å²) in [5, 5.41) is 0. The summed E-state index contributed by atoms with van der Waals surface area (Å²) in [5.41, 5.74) is 7.01. The van der Waals surface area contributed by atoms with E-state index in [1.54, 1.807) is 24.0 Å². The first-order valence-corrected chi connectivity index (χ1v) is 6.10. The summed E-state index contributed by atoms with van der Waals surface area (Å²) in [6.45, 7) is 2.67. The van der Waals surface area contributed by atoms with Gasteiger partial charge in [-0.1, -0.05) is 6.07 Å². The Bertz CT molecular complexity index is 551. The normalized spacial score (nSPS) is 10.4. The van der Waals surface area contributed by atoms with E-state index in [2.05, 4.69) is 9.97 Å². The molecule has 100 valence electrons. The molecule has 0 atom stereocenters. The predicted molar refractivity (Wildman–Crippen MR) is 70.5 cm³/mol. The maximum absolute atomic E-state index is 11.6. The number of pyridine rings is 1. The molecule has 0 radical (unpaired) electrons. The molecule has 2 aromatic heterocycles. The molecule has 0 fully saturated rings. The fourth-order valence-corrected chi connectivity index (χ4v) is 1.71. The molecule has 2 N–H and O–H groups in total. The van der Waals surface area contributed by atoms with Crippen molar-refractivity contribution in [1.29, 1.82) is 0 Å². The van der Waals surface area contributed by atoms with Crippen LogP contribution in [0.1, 0.15) is 23.1 Å². The quantitative estimate of drug-likeness (QED) is 0.819. The predicted octanol–water partition coefficient (Wildman–Crippen LogP) is 1.28. The van der Waals surface area contributed by atoms with Crippen LogP contribution in [0, 0.1) is 0 Å². The maximum atomic E-state index is 11.6. The largest absolute Gasteiger partial charge is 0.461 e. The van der Waals surface area contributed by atoms with Crippen molar-refractivity contribution in [3.8, 4) is 0 Å². The summed E-state index contributed by atoms with van der Waals surface area (Å²) < 4.78 is 6.60. The zero-order chi connectivity index (χ0) is 13.7. The highest BCUT2D eigenvalue weighted by Gasteiger charge is 2.16. The van der Waals surface area contributed by atoms with Crippen molar-refractivity contribution in [1.82, 2.24) is 14.5 Å². The number of carbonyl (C=O) groups is 1. The van der Waals surface area contributed by atoms with Gasteiger partial charge >= 0.3 is 5.97 Å². The zero-order valence-corrected chi connectivity index (χ0v) is 10.7. The number of nitrogens with zero attached hydrogens (tertiary/aromatic N) is 3.